The van der Waals surface area contributed by atoms with E-state index in [0.717, 1.165) is 0 Å². The molecule has 3 aromatic rings. The van der Waals surface area contributed by atoms with Crippen molar-refractivity contribution in [2.45, 2.75) is 12.5 Å². The summed E-state index contributed by atoms with van der Waals surface area (Å²) in [7, 11) is 0. The van der Waals surface area contributed by atoms with Gasteiger partial charge in [-0.15, -0.1) is 0 Å². The first-order valence-corrected chi connectivity index (χ1v) is 10.5. The van der Waals surface area contributed by atoms with Gasteiger partial charge in [-0.1, -0.05) is 11.3 Å². The number of benzene rings is 1. The van der Waals surface area contributed by atoms with Gasteiger partial charge in [0.2, 0.25) is 0 Å². The minimum atomic E-state index is -0.955. The number of anilines is 2. The topological polar surface area (TPSA) is 102 Å². The van der Waals surface area contributed by atoms with E-state index in [2.05, 4.69) is 15.3 Å². The third-order valence-corrected chi connectivity index (χ3v) is 5.92. The number of thiazole rings is 1. The van der Waals surface area contributed by atoms with Gasteiger partial charge in [0.05, 0.1) is 22.9 Å². The van der Waals surface area contributed by atoms with Crippen LogP contribution >= 0.6 is 11.3 Å². The number of nitrogens with one attached hydrogen (secondary N) is 1. The fourth-order valence-corrected chi connectivity index (χ4v) is 4.28. The maximum absolute atomic E-state index is 14.5. The number of aliphatic hydroxyl groups is 2. The Morgan fingerprint density at radius 2 is 2.00 bits per heavy atom. The zero-order chi connectivity index (χ0) is 22.0. The molecule has 0 aliphatic carbocycles. The second-order valence-corrected chi connectivity index (χ2v) is 8.26. The third kappa shape index (κ3) is 4.89. The first kappa shape index (κ1) is 21.3. The van der Waals surface area contributed by atoms with E-state index in [9.17, 15) is 18.7 Å². The van der Waals surface area contributed by atoms with Gasteiger partial charge in [-0.3, -0.25) is 5.32 Å². The van der Waals surface area contributed by atoms with E-state index < -0.39 is 18.5 Å². The van der Waals surface area contributed by atoms with Crippen molar-refractivity contribution in [2.75, 3.05) is 43.0 Å². The van der Waals surface area contributed by atoms with E-state index in [1.807, 2.05) is 0 Å². The highest BCUT2D eigenvalue weighted by molar-refractivity contribution is 7.22. The molecule has 0 saturated carbocycles. The first-order valence-electron chi connectivity index (χ1n) is 9.73. The highest BCUT2D eigenvalue weighted by atomic mass is 32.1. The molecule has 0 radical (unpaired) electrons. The molecule has 31 heavy (non-hydrogen) atoms. The highest BCUT2D eigenvalue weighted by Gasteiger charge is 2.24. The number of piperazine rings is 1. The molecule has 1 saturated heterocycles. The Hall–Kier alpha value is -2.89. The second kappa shape index (κ2) is 9.08. The number of pyridine rings is 1. The molecular weight excluding hydrogens is 428 g/mol. The number of hydrogen-bond acceptors (Lipinski definition) is 7. The smallest absolute Gasteiger partial charge is 0.323 e. The van der Waals surface area contributed by atoms with Crippen LogP contribution in [0.25, 0.3) is 10.2 Å². The van der Waals surface area contributed by atoms with Gasteiger partial charge in [0.15, 0.2) is 16.8 Å². The van der Waals surface area contributed by atoms with Gasteiger partial charge in [-0.2, -0.15) is 0 Å². The predicted octanol–water partition coefficient (Wildman–Crippen LogP) is 2.22. The van der Waals surface area contributed by atoms with Gasteiger partial charge in [0, 0.05) is 38.8 Å². The number of halogens is 2. The molecule has 2 amide bonds. The number of nitrogens with zero attached hydrogens (tertiary/aromatic N) is 4. The summed E-state index contributed by atoms with van der Waals surface area (Å²) < 4.78 is 28.5. The van der Waals surface area contributed by atoms with Crippen molar-refractivity contribution >= 4 is 38.5 Å². The molecule has 8 nitrogen and oxygen atoms in total. The van der Waals surface area contributed by atoms with E-state index >= 15 is 0 Å². The monoisotopic (exact) mass is 449 g/mol. The summed E-state index contributed by atoms with van der Waals surface area (Å²) in [6, 6.07) is 5.24. The minimum absolute atomic E-state index is 0.118. The van der Waals surface area contributed by atoms with Crippen LogP contribution in [0.2, 0.25) is 0 Å². The molecule has 3 heterocycles. The Labute approximate surface area is 180 Å². The van der Waals surface area contributed by atoms with Gasteiger partial charge in [-0.05, 0) is 29.8 Å². The SMILES string of the molecule is O=C(Nc1nc2ccc(F)cc2s1)N1CCN(c2ncc(C[C@H](O)CO)cc2F)CC1. The van der Waals surface area contributed by atoms with Crippen LogP contribution in [-0.2, 0) is 6.42 Å². The fraction of sp³-hybridized carbons (Fsp3) is 0.350. The molecule has 0 unspecified atom stereocenters. The minimum Gasteiger partial charge on any atom is -0.394 e. The first-order chi connectivity index (χ1) is 14.9. The van der Waals surface area contributed by atoms with Crippen LogP contribution in [0.5, 0.6) is 0 Å². The van der Waals surface area contributed by atoms with Crippen LogP contribution in [0.3, 0.4) is 0 Å². The largest absolute Gasteiger partial charge is 0.394 e. The Balaban J connectivity index is 1.35. The standard InChI is InChI=1S/C20H21F2N5O3S/c21-13-1-2-16-17(9-13)31-19(24-16)25-20(30)27-5-3-26(4-6-27)18-15(22)8-12(10-23-18)7-14(29)11-28/h1-2,8-10,14,28-29H,3-7,11H2,(H,24,25,30)/t14-/m0/s1. The molecule has 1 aromatic carbocycles. The number of aliphatic hydroxyl groups excluding tert-OH is 2. The molecular formula is C20H21F2N5O3S. The van der Waals surface area contributed by atoms with Crippen molar-refractivity contribution in [2.24, 2.45) is 0 Å². The molecule has 1 aliphatic rings. The molecule has 11 heteroatoms. The average Bonchev–Trinajstić information content (AvgIpc) is 3.15. The van der Waals surface area contributed by atoms with E-state index in [1.54, 1.807) is 15.9 Å². The number of carbonyl (C=O) groups excluding carboxylic acids is 1. The summed E-state index contributed by atoms with van der Waals surface area (Å²) in [5.41, 5.74) is 1.11. The van der Waals surface area contributed by atoms with Crippen molar-refractivity contribution in [3.8, 4) is 0 Å². The normalized spacial score (nSPS) is 15.4. The molecule has 0 bridgehead atoms. The summed E-state index contributed by atoms with van der Waals surface area (Å²) in [4.78, 5) is 24.4. The van der Waals surface area contributed by atoms with Gasteiger partial charge in [0.25, 0.3) is 0 Å². The number of amides is 2. The lowest BCUT2D eigenvalue weighted by Gasteiger charge is -2.35. The van der Waals surface area contributed by atoms with Crippen LogP contribution in [-0.4, -0.2) is 70.0 Å². The Morgan fingerprint density at radius 3 is 2.71 bits per heavy atom. The van der Waals surface area contributed by atoms with Crippen LogP contribution in [0.4, 0.5) is 24.5 Å². The molecule has 1 atom stereocenters. The zero-order valence-corrected chi connectivity index (χ0v) is 17.3. The number of rotatable bonds is 5. The molecule has 2 aromatic heterocycles. The summed E-state index contributed by atoms with van der Waals surface area (Å²) >= 11 is 1.20. The van der Waals surface area contributed by atoms with Crippen molar-refractivity contribution in [3.63, 3.8) is 0 Å². The molecule has 4 rings (SSSR count). The molecule has 164 valence electrons. The maximum atomic E-state index is 14.5. The second-order valence-electron chi connectivity index (χ2n) is 7.22. The third-order valence-electron chi connectivity index (χ3n) is 4.99. The van der Waals surface area contributed by atoms with Gasteiger partial charge < -0.3 is 20.0 Å². The number of fused-ring (bicyclic) bond motifs is 1. The van der Waals surface area contributed by atoms with Gasteiger partial charge in [-0.25, -0.2) is 23.5 Å². The van der Waals surface area contributed by atoms with Crippen molar-refractivity contribution in [3.05, 3.63) is 47.7 Å². The van der Waals surface area contributed by atoms with Crippen molar-refractivity contribution in [1.29, 1.82) is 0 Å². The highest BCUT2D eigenvalue weighted by Crippen LogP contribution is 2.27. The maximum Gasteiger partial charge on any atom is 0.323 e. The Bertz CT molecular complexity index is 1090. The number of hydrogen-bond donors (Lipinski definition) is 3. The predicted molar refractivity (Wildman–Crippen MR) is 113 cm³/mol. The number of urea groups is 1. The Morgan fingerprint density at radius 1 is 1.23 bits per heavy atom. The summed E-state index contributed by atoms with van der Waals surface area (Å²) in [6.07, 6.45) is 0.642. The number of aromatic nitrogens is 2. The van der Waals surface area contributed by atoms with Crippen LogP contribution in [0.15, 0.2) is 30.5 Å². The molecule has 3 N–H and O–H groups in total. The van der Waals surface area contributed by atoms with Crippen molar-refractivity contribution < 1.29 is 23.8 Å². The Kier molecular flexibility index (Phi) is 6.25. The molecule has 1 fully saturated rings. The number of carbonyl (C=O) groups is 1. The van der Waals surface area contributed by atoms with Crippen LogP contribution in [0, 0.1) is 11.6 Å². The summed E-state index contributed by atoms with van der Waals surface area (Å²) in [6.45, 7) is 1.15. The quantitative estimate of drug-likeness (QED) is 0.552. The summed E-state index contributed by atoms with van der Waals surface area (Å²) in [5, 5.41) is 21.5. The lowest BCUT2D eigenvalue weighted by atomic mass is 10.1. The van der Waals surface area contributed by atoms with Crippen molar-refractivity contribution in [1.82, 2.24) is 14.9 Å². The van der Waals surface area contributed by atoms with E-state index in [4.69, 9.17) is 5.11 Å². The van der Waals surface area contributed by atoms with Crippen LogP contribution < -0.4 is 10.2 Å². The lowest BCUT2D eigenvalue weighted by molar-refractivity contribution is 0.0954. The van der Waals surface area contributed by atoms with Crippen LogP contribution in [0.1, 0.15) is 5.56 Å². The van der Waals surface area contributed by atoms with Gasteiger partial charge >= 0.3 is 6.03 Å². The zero-order valence-electron chi connectivity index (χ0n) is 16.5. The van der Waals surface area contributed by atoms with E-state index in [1.165, 1.54) is 35.7 Å². The average molecular weight is 449 g/mol. The van der Waals surface area contributed by atoms with E-state index in [0.29, 0.717) is 47.1 Å². The molecule has 0 spiro atoms. The summed E-state index contributed by atoms with van der Waals surface area (Å²) in [5.74, 6) is -0.679. The van der Waals surface area contributed by atoms with Gasteiger partial charge in [0.1, 0.15) is 5.82 Å². The molecule has 1 aliphatic heterocycles. The van der Waals surface area contributed by atoms with E-state index in [-0.39, 0.29) is 24.1 Å². The lowest BCUT2D eigenvalue weighted by Crippen LogP contribution is -2.50. The fourth-order valence-electron chi connectivity index (χ4n) is 3.40.